The summed E-state index contributed by atoms with van der Waals surface area (Å²) in [5.41, 5.74) is 2.02. The smallest absolute Gasteiger partial charge is 0.251 e. The van der Waals surface area contributed by atoms with Crippen LogP contribution in [0, 0.1) is 23.2 Å². The lowest BCUT2D eigenvalue weighted by molar-refractivity contribution is -0.189. The Morgan fingerprint density at radius 2 is 1.78 bits per heavy atom. The summed E-state index contributed by atoms with van der Waals surface area (Å²) in [4.78, 5) is 41.5. The predicted octanol–water partition coefficient (Wildman–Crippen LogP) is 4.72. The molecule has 0 radical (unpaired) electrons. The van der Waals surface area contributed by atoms with Crippen molar-refractivity contribution in [1.82, 2.24) is 10.2 Å². The minimum Gasteiger partial charge on any atom is -0.380 e. The van der Waals surface area contributed by atoms with Gasteiger partial charge in [-0.2, -0.15) is 0 Å². The van der Waals surface area contributed by atoms with Gasteiger partial charge in [-0.15, -0.1) is 0 Å². The number of piperidine rings is 1. The van der Waals surface area contributed by atoms with Gasteiger partial charge in [0.05, 0.1) is 19.3 Å². The van der Waals surface area contributed by atoms with Crippen LogP contribution < -0.4 is 5.32 Å². The van der Waals surface area contributed by atoms with E-state index in [0.717, 1.165) is 83.2 Å². The topological polar surface area (TPSA) is 75.7 Å². The van der Waals surface area contributed by atoms with Crippen molar-refractivity contribution in [3.05, 3.63) is 35.4 Å². The predicted molar refractivity (Wildman–Crippen MR) is 139 cm³/mol. The van der Waals surface area contributed by atoms with Crippen LogP contribution in [-0.2, 0) is 14.3 Å². The number of hydrogen-bond acceptors (Lipinski definition) is 4. The third-order valence-corrected chi connectivity index (χ3v) is 9.16. The number of rotatable bonds is 7. The molecule has 4 fully saturated rings. The summed E-state index contributed by atoms with van der Waals surface area (Å²) in [6.45, 7) is 7.03. The molecule has 0 bridgehead atoms. The molecular weight excluding hydrogens is 452 g/mol. The number of amides is 2. The molecule has 2 heterocycles. The maximum atomic E-state index is 13.3. The van der Waals surface area contributed by atoms with E-state index in [4.69, 9.17) is 4.74 Å². The van der Waals surface area contributed by atoms with Crippen molar-refractivity contribution < 1.29 is 19.1 Å². The minimum absolute atomic E-state index is 0.100. The summed E-state index contributed by atoms with van der Waals surface area (Å²) in [6, 6.07) is 7.44. The van der Waals surface area contributed by atoms with Crippen LogP contribution in [0.5, 0.6) is 0 Å². The first-order valence-electron chi connectivity index (χ1n) is 14.2. The second-order valence-electron chi connectivity index (χ2n) is 12.3. The average molecular weight is 495 g/mol. The highest BCUT2D eigenvalue weighted by Crippen LogP contribution is 2.51. The Bertz CT molecular complexity index is 971. The van der Waals surface area contributed by atoms with E-state index in [1.54, 1.807) is 0 Å². The molecule has 6 heteroatoms. The Hall–Kier alpha value is -2.21. The van der Waals surface area contributed by atoms with Crippen molar-refractivity contribution >= 4 is 17.6 Å². The first-order chi connectivity index (χ1) is 17.3. The van der Waals surface area contributed by atoms with Crippen LogP contribution in [-0.4, -0.2) is 54.8 Å². The lowest BCUT2D eigenvalue weighted by Gasteiger charge is -2.53. The van der Waals surface area contributed by atoms with Gasteiger partial charge >= 0.3 is 0 Å². The molecule has 5 rings (SSSR count). The molecule has 4 aliphatic rings. The molecule has 0 aromatic heterocycles. The van der Waals surface area contributed by atoms with E-state index in [-0.39, 0.29) is 35.4 Å². The molecule has 2 saturated heterocycles. The van der Waals surface area contributed by atoms with Gasteiger partial charge in [0, 0.05) is 41.8 Å². The summed E-state index contributed by atoms with van der Waals surface area (Å²) in [5.74, 6) is 0.802. The number of carbonyl (C=O) groups is 3. The van der Waals surface area contributed by atoms with Gasteiger partial charge in [-0.05, 0) is 62.1 Å². The lowest BCUT2D eigenvalue weighted by Crippen LogP contribution is -2.57. The molecule has 1 spiro atoms. The number of ketones is 1. The van der Waals surface area contributed by atoms with E-state index in [1.807, 2.05) is 32.0 Å². The summed E-state index contributed by atoms with van der Waals surface area (Å²) in [5, 5.41) is 3.13. The van der Waals surface area contributed by atoms with Gasteiger partial charge in [0.1, 0.15) is 0 Å². The summed E-state index contributed by atoms with van der Waals surface area (Å²) < 4.78 is 5.37. The van der Waals surface area contributed by atoms with E-state index in [0.29, 0.717) is 16.9 Å². The Morgan fingerprint density at radius 1 is 1.03 bits per heavy atom. The van der Waals surface area contributed by atoms with Crippen LogP contribution in [0.1, 0.15) is 93.5 Å². The van der Waals surface area contributed by atoms with E-state index >= 15 is 0 Å². The number of nitrogens with one attached hydrogen (secondary N) is 1. The van der Waals surface area contributed by atoms with Gasteiger partial charge in [0.25, 0.3) is 5.91 Å². The molecule has 2 aliphatic carbocycles. The Morgan fingerprint density at radius 3 is 2.44 bits per heavy atom. The fourth-order valence-corrected chi connectivity index (χ4v) is 6.90. The van der Waals surface area contributed by atoms with Gasteiger partial charge < -0.3 is 15.0 Å². The molecule has 2 saturated carbocycles. The van der Waals surface area contributed by atoms with Crippen molar-refractivity contribution in [2.75, 3.05) is 26.3 Å². The average Bonchev–Trinajstić information content (AvgIpc) is 2.85. The molecule has 2 amide bonds. The van der Waals surface area contributed by atoms with Crippen LogP contribution in [0.25, 0.3) is 0 Å². The number of carbonyl (C=O) groups excluding carboxylic acids is 3. The van der Waals surface area contributed by atoms with Crippen molar-refractivity contribution in [3.63, 3.8) is 0 Å². The maximum absolute atomic E-state index is 13.3. The maximum Gasteiger partial charge on any atom is 0.251 e. The monoisotopic (exact) mass is 494 g/mol. The lowest BCUT2D eigenvalue weighted by atomic mass is 9.60. The number of benzene rings is 1. The second kappa shape index (κ2) is 10.6. The molecule has 196 valence electrons. The fourth-order valence-electron chi connectivity index (χ4n) is 6.90. The molecule has 1 aromatic rings. The summed E-state index contributed by atoms with van der Waals surface area (Å²) >= 11 is 0. The van der Waals surface area contributed by atoms with Crippen molar-refractivity contribution in [2.24, 2.45) is 23.2 Å². The first kappa shape index (κ1) is 25.4. The van der Waals surface area contributed by atoms with Crippen molar-refractivity contribution in [2.45, 2.75) is 83.6 Å². The Kier molecular flexibility index (Phi) is 7.52. The van der Waals surface area contributed by atoms with E-state index < -0.39 is 6.04 Å². The van der Waals surface area contributed by atoms with Gasteiger partial charge in [0.2, 0.25) is 5.91 Å². The zero-order chi connectivity index (χ0) is 25.3. The first-order valence-corrected chi connectivity index (χ1v) is 14.2. The number of nitrogens with zero attached hydrogens (tertiary/aromatic N) is 1. The third-order valence-electron chi connectivity index (χ3n) is 9.16. The Balaban J connectivity index is 1.23. The highest BCUT2D eigenvalue weighted by molar-refractivity contribution is 5.98. The summed E-state index contributed by atoms with van der Waals surface area (Å²) in [6.07, 6.45) is 9.43. The van der Waals surface area contributed by atoms with Gasteiger partial charge in [0.15, 0.2) is 5.78 Å². The Labute approximate surface area is 215 Å². The van der Waals surface area contributed by atoms with Gasteiger partial charge in [-0.25, -0.2) is 0 Å². The van der Waals surface area contributed by atoms with Crippen LogP contribution >= 0.6 is 0 Å². The SMILES string of the molecule is CC(C)C(=O)[C@H](NC(=O)c1cccc(C2CCCN(C(=O)C3CC4(COC4)C3)C2)c1)C1CCCCC1. The van der Waals surface area contributed by atoms with Crippen LogP contribution in [0.2, 0.25) is 0 Å². The number of hydrogen-bond donors (Lipinski definition) is 1. The molecule has 1 unspecified atom stereocenters. The zero-order valence-electron chi connectivity index (χ0n) is 22.0. The van der Waals surface area contributed by atoms with E-state index in [9.17, 15) is 14.4 Å². The molecule has 2 atom stereocenters. The van der Waals surface area contributed by atoms with Crippen molar-refractivity contribution in [3.8, 4) is 0 Å². The largest absolute Gasteiger partial charge is 0.380 e. The molecule has 36 heavy (non-hydrogen) atoms. The minimum atomic E-state index is -0.406. The standard InChI is InChI=1S/C30H42N2O4/c1-20(2)27(33)26(21-8-4-3-5-9-21)31-28(34)23-11-6-10-22(14-23)24-12-7-13-32(17-24)29(35)25-15-30(16-25)18-36-19-30/h6,10-11,14,20-21,24-26H,3-5,7-9,12-13,15-19H2,1-2H3,(H,31,34)/t24?,26-/m1/s1. The van der Waals surface area contributed by atoms with Crippen LogP contribution in [0.15, 0.2) is 24.3 Å². The quantitative estimate of drug-likeness (QED) is 0.595. The number of Topliss-reactive ketones (excluding diaryl/α,β-unsaturated/α-hetero) is 1. The van der Waals surface area contributed by atoms with Crippen LogP contribution in [0.4, 0.5) is 0 Å². The molecule has 6 nitrogen and oxygen atoms in total. The molecular formula is C30H42N2O4. The third kappa shape index (κ3) is 5.25. The normalized spacial score (nSPS) is 25.2. The molecule has 1 N–H and O–H groups in total. The number of ether oxygens (including phenoxy) is 1. The van der Waals surface area contributed by atoms with Crippen LogP contribution in [0.3, 0.4) is 0 Å². The van der Waals surface area contributed by atoms with Gasteiger partial charge in [-0.3, -0.25) is 14.4 Å². The zero-order valence-corrected chi connectivity index (χ0v) is 22.0. The number of likely N-dealkylation sites (tertiary alicyclic amines) is 1. The van der Waals surface area contributed by atoms with Crippen molar-refractivity contribution in [1.29, 1.82) is 0 Å². The molecule has 1 aromatic carbocycles. The fraction of sp³-hybridized carbons (Fsp3) is 0.700. The van der Waals surface area contributed by atoms with Gasteiger partial charge in [-0.1, -0.05) is 45.2 Å². The highest BCUT2D eigenvalue weighted by atomic mass is 16.5. The molecule has 2 aliphatic heterocycles. The van der Waals surface area contributed by atoms with E-state index in [1.165, 1.54) is 6.42 Å². The second-order valence-corrected chi connectivity index (χ2v) is 12.3. The van der Waals surface area contributed by atoms with E-state index in [2.05, 4.69) is 16.3 Å². The summed E-state index contributed by atoms with van der Waals surface area (Å²) in [7, 11) is 0. The highest BCUT2D eigenvalue weighted by Gasteiger charge is 2.53.